The summed E-state index contributed by atoms with van der Waals surface area (Å²) in [5.74, 6) is 2.34. The molecule has 4 nitrogen and oxygen atoms in total. The smallest absolute Gasteiger partial charge is 0.263 e. The minimum Gasteiger partial charge on any atom is -0.372 e. The van der Waals surface area contributed by atoms with E-state index in [2.05, 4.69) is 30.4 Å². The third-order valence-electron chi connectivity index (χ3n) is 7.66. The zero-order valence-corrected chi connectivity index (χ0v) is 17.7. The summed E-state index contributed by atoms with van der Waals surface area (Å²) in [5.41, 5.74) is 1.63. The molecule has 29 heavy (non-hydrogen) atoms. The summed E-state index contributed by atoms with van der Waals surface area (Å²) in [5, 5.41) is 12.9. The molecule has 4 aliphatic rings. The second kappa shape index (κ2) is 8.22. The fraction of sp³-hybridized carbons (Fsp3) is 0.600. The first kappa shape index (κ1) is 20.0. The standard InChI is InChI=1S/C25H33N3O/c1-3-28(16-19-7-5-4-6-8-19)17-23(15-26)24(29)27-18(2)25-12-20-9-21(13-25)11-22(10-20)14-25/h4-8,17-18,20-22H,3,9-14,16H2,1-2H3,(H,27,29)/b23-17-. The molecule has 154 valence electrons. The van der Waals surface area contributed by atoms with Crippen LogP contribution in [0.15, 0.2) is 42.1 Å². The number of hydrogen-bond donors (Lipinski definition) is 1. The van der Waals surface area contributed by atoms with E-state index in [1.54, 1.807) is 6.20 Å². The number of rotatable bonds is 7. The second-order valence-electron chi connectivity index (χ2n) is 9.68. The van der Waals surface area contributed by atoms with Gasteiger partial charge >= 0.3 is 0 Å². The monoisotopic (exact) mass is 391 g/mol. The van der Waals surface area contributed by atoms with Gasteiger partial charge in [0.2, 0.25) is 0 Å². The molecule has 4 bridgehead atoms. The predicted octanol–water partition coefficient (Wildman–Crippen LogP) is 4.64. The van der Waals surface area contributed by atoms with Crippen molar-refractivity contribution in [1.29, 1.82) is 5.26 Å². The number of nitrogens with one attached hydrogen (secondary N) is 1. The largest absolute Gasteiger partial charge is 0.372 e. The van der Waals surface area contributed by atoms with Crippen LogP contribution < -0.4 is 5.32 Å². The van der Waals surface area contributed by atoms with Crippen molar-refractivity contribution >= 4 is 5.91 Å². The highest BCUT2D eigenvalue weighted by Gasteiger charge is 2.53. The molecule has 4 heteroatoms. The van der Waals surface area contributed by atoms with Crippen molar-refractivity contribution in [2.24, 2.45) is 23.2 Å². The third-order valence-corrected chi connectivity index (χ3v) is 7.66. The number of nitrogens with zero attached hydrogens (tertiary/aromatic N) is 2. The lowest BCUT2D eigenvalue weighted by Crippen LogP contribution is -2.56. The molecule has 1 aromatic carbocycles. The Kier molecular flexibility index (Phi) is 5.67. The van der Waals surface area contributed by atoms with Crippen molar-refractivity contribution in [2.75, 3.05) is 6.54 Å². The molecule has 0 heterocycles. The highest BCUT2D eigenvalue weighted by Crippen LogP contribution is 2.61. The Morgan fingerprint density at radius 1 is 1.21 bits per heavy atom. The van der Waals surface area contributed by atoms with Crippen molar-refractivity contribution < 1.29 is 4.79 Å². The third kappa shape index (κ3) is 4.20. The number of hydrogen-bond acceptors (Lipinski definition) is 3. The number of benzene rings is 1. The summed E-state index contributed by atoms with van der Waals surface area (Å²) >= 11 is 0. The zero-order valence-electron chi connectivity index (χ0n) is 17.7. The van der Waals surface area contributed by atoms with Gasteiger partial charge in [-0.15, -0.1) is 0 Å². The minimum absolute atomic E-state index is 0.129. The maximum atomic E-state index is 13.0. The lowest BCUT2D eigenvalue weighted by Gasteiger charge is -2.59. The van der Waals surface area contributed by atoms with Gasteiger partial charge in [-0.3, -0.25) is 4.79 Å². The zero-order chi connectivity index (χ0) is 20.4. The van der Waals surface area contributed by atoms with Crippen molar-refractivity contribution in [1.82, 2.24) is 10.2 Å². The van der Waals surface area contributed by atoms with Crippen LogP contribution in [0.1, 0.15) is 57.9 Å². The van der Waals surface area contributed by atoms with Gasteiger partial charge in [0, 0.05) is 25.3 Å². The van der Waals surface area contributed by atoms with Crippen LogP contribution in [0.5, 0.6) is 0 Å². The Morgan fingerprint density at radius 3 is 2.31 bits per heavy atom. The van der Waals surface area contributed by atoms with Gasteiger partial charge in [0.25, 0.3) is 5.91 Å². The van der Waals surface area contributed by atoms with Crippen LogP contribution in [0.3, 0.4) is 0 Å². The summed E-state index contributed by atoms with van der Waals surface area (Å²) in [6, 6.07) is 12.4. The molecule has 4 aliphatic carbocycles. The molecular weight excluding hydrogens is 358 g/mol. The molecule has 0 aromatic heterocycles. The summed E-state index contributed by atoms with van der Waals surface area (Å²) < 4.78 is 0. The fourth-order valence-electron chi connectivity index (χ4n) is 6.52. The fourth-order valence-corrected chi connectivity index (χ4v) is 6.52. The van der Waals surface area contributed by atoms with Gasteiger partial charge in [-0.1, -0.05) is 30.3 Å². The van der Waals surface area contributed by atoms with E-state index in [4.69, 9.17) is 0 Å². The van der Waals surface area contributed by atoms with Crippen molar-refractivity contribution in [2.45, 2.75) is 65.0 Å². The normalized spacial score (nSPS) is 31.2. The highest BCUT2D eigenvalue weighted by atomic mass is 16.1. The first-order valence-corrected chi connectivity index (χ1v) is 11.2. The first-order valence-electron chi connectivity index (χ1n) is 11.2. The van der Waals surface area contributed by atoms with E-state index in [1.807, 2.05) is 30.0 Å². The van der Waals surface area contributed by atoms with E-state index >= 15 is 0 Å². The lowest BCUT2D eigenvalue weighted by atomic mass is 9.48. The Morgan fingerprint density at radius 2 is 1.79 bits per heavy atom. The molecule has 1 N–H and O–H groups in total. The van der Waals surface area contributed by atoms with Crippen LogP contribution >= 0.6 is 0 Å². The molecule has 1 unspecified atom stereocenters. The van der Waals surface area contributed by atoms with Gasteiger partial charge in [-0.25, -0.2) is 0 Å². The summed E-state index contributed by atoms with van der Waals surface area (Å²) in [6.07, 6.45) is 9.68. The molecule has 1 aromatic rings. The summed E-state index contributed by atoms with van der Waals surface area (Å²) in [4.78, 5) is 15.0. The van der Waals surface area contributed by atoms with E-state index in [9.17, 15) is 10.1 Å². The average molecular weight is 392 g/mol. The van der Waals surface area contributed by atoms with Gasteiger partial charge in [0.15, 0.2) is 0 Å². The Bertz CT molecular complexity index is 772. The van der Waals surface area contributed by atoms with E-state index in [0.29, 0.717) is 6.54 Å². The van der Waals surface area contributed by atoms with E-state index in [0.717, 1.165) is 24.3 Å². The molecular formula is C25H33N3O. The molecule has 0 aliphatic heterocycles. The Balaban J connectivity index is 1.43. The van der Waals surface area contributed by atoms with Crippen LogP contribution in [0, 0.1) is 34.5 Å². The van der Waals surface area contributed by atoms with E-state index < -0.39 is 0 Å². The van der Waals surface area contributed by atoms with Crippen LogP contribution in [0.4, 0.5) is 0 Å². The maximum Gasteiger partial charge on any atom is 0.263 e. The summed E-state index contributed by atoms with van der Waals surface area (Å²) in [6.45, 7) is 5.66. The van der Waals surface area contributed by atoms with Gasteiger partial charge in [0.1, 0.15) is 11.6 Å². The van der Waals surface area contributed by atoms with Gasteiger partial charge in [-0.2, -0.15) is 5.26 Å². The van der Waals surface area contributed by atoms with Crippen LogP contribution in [-0.2, 0) is 11.3 Å². The molecule has 0 radical (unpaired) electrons. The number of nitriles is 1. The molecule has 5 rings (SSSR count). The van der Waals surface area contributed by atoms with Crippen molar-refractivity contribution in [3.8, 4) is 6.07 Å². The van der Waals surface area contributed by atoms with E-state index in [1.165, 1.54) is 44.1 Å². The molecule has 1 atom stereocenters. The number of carbonyl (C=O) groups is 1. The Hall–Kier alpha value is -2.28. The number of carbonyl (C=O) groups excluding carboxylic acids is 1. The first-order chi connectivity index (χ1) is 14.0. The van der Waals surface area contributed by atoms with Gasteiger partial charge in [0.05, 0.1) is 0 Å². The second-order valence-corrected chi connectivity index (χ2v) is 9.68. The van der Waals surface area contributed by atoms with Gasteiger partial charge < -0.3 is 10.2 Å². The van der Waals surface area contributed by atoms with Crippen LogP contribution in [0.25, 0.3) is 0 Å². The summed E-state index contributed by atoms with van der Waals surface area (Å²) in [7, 11) is 0. The minimum atomic E-state index is -0.220. The van der Waals surface area contributed by atoms with Crippen molar-refractivity contribution in [3.05, 3.63) is 47.7 Å². The molecule has 0 spiro atoms. The molecule has 4 fully saturated rings. The molecule has 0 saturated heterocycles. The SMILES string of the molecule is CCN(/C=C(/C#N)C(=O)NC(C)C12CC3CC(CC(C3)C1)C2)Cc1ccccc1. The Labute approximate surface area is 175 Å². The highest BCUT2D eigenvalue weighted by molar-refractivity contribution is 5.97. The topological polar surface area (TPSA) is 56.1 Å². The molecule has 4 saturated carbocycles. The van der Waals surface area contributed by atoms with Gasteiger partial charge in [-0.05, 0) is 81.1 Å². The van der Waals surface area contributed by atoms with E-state index in [-0.39, 0.29) is 22.9 Å². The lowest BCUT2D eigenvalue weighted by molar-refractivity contribution is -0.122. The number of amides is 1. The maximum absolute atomic E-state index is 13.0. The van der Waals surface area contributed by atoms with Crippen molar-refractivity contribution in [3.63, 3.8) is 0 Å². The molecule has 1 amide bonds. The van der Waals surface area contributed by atoms with Crippen LogP contribution in [0.2, 0.25) is 0 Å². The average Bonchev–Trinajstić information content (AvgIpc) is 2.70. The predicted molar refractivity (Wildman–Crippen MR) is 114 cm³/mol. The quantitative estimate of drug-likeness (QED) is 0.544. The van der Waals surface area contributed by atoms with Crippen LogP contribution in [-0.4, -0.2) is 23.4 Å².